The van der Waals surface area contributed by atoms with Gasteiger partial charge in [-0.3, -0.25) is 13.7 Å². The molecule has 0 spiro atoms. The van der Waals surface area contributed by atoms with E-state index < -0.39 is 14.2 Å². The Bertz CT molecular complexity index is 6490. The van der Waals surface area contributed by atoms with Crippen LogP contribution in [0.2, 0.25) is 0 Å². The standard InChI is InChI=1S/C58H38N6.C20H16B2N2O4.C19H13BrN2/c1-3-13-47(14-4-1)63-53-21-11-9-19-51(53)61-57(63)45-35-27-41(28-36-45)39-23-31-43(32-24-39)55-56(60-50-18-8-7-17-49(50)59-55)44-33-25-40(26-34-44)42-29-37-46(38-30-42)58-62-52-20-10-12-22-54(52)64(58)48-15-5-2-6-16-48;25-21(26)15-9-5-13(6-10-15)19-20(14-7-11-16(12-8-14)22(27)28)24-18-4-2-1-3-17(18)23-19;20-15-12-10-14(11-13-15)19-21-17-8-4-5-9-18(17)22(19)16-6-2-1-3-7-16/h1-38H;1-12,25-28H;1-13H. The number of nitrogens with zero attached hydrogens (tertiary/aromatic N) is 10. The molecule has 14 nitrogen and oxygen atoms in total. The minimum atomic E-state index is -1.53. The Kier molecular flexibility index (Phi) is 19.8. The van der Waals surface area contributed by atoms with Crippen LogP contribution in [-0.4, -0.2) is 82.9 Å². The molecule has 0 aliphatic carbocycles. The second kappa shape index (κ2) is 31.7. The number of hydrogen-bond donors (Lipinski definition) is 4. The van der Waals surface area contributed by atoms with E-state index in [1.165, 1.54) is 0 Å². The summed E-state index contributed by atoms with van der Waals surface area (Å²) >= 11 is 3.49. The van der Waals surface area contributed by atoms with Gasteiger partial charge in [0.25, 0.3) is 0 Å². The van der Waals surface area contributed by atoms with Gasteiger partial charge in [0.1, 0.15) is 17.5 Å². The molecular formula is C97H67B2BrN10O4. The molecule has 0 radical (unpaired) electrons. The number of benzene rings is 15. The van der Waals surface area contributed by atoms with Crippen molar-refractivity contribution in [1.82, 2.24) is 48.6 Å². The van der Waals surface area contributed by atoms with Crippen LogP contribution in [0.15, 0.2) is 387 Å². The van der Waals surface area contributed by atoms with Gasteiger partial charge in [0, 0.05) is 60.5 Å². The van der Waals surface area contributed by atoms with Gasteiger partial charge < -0.3 is 20.1 Å². The lowest BCUT2D eigenvalue weighted by atomic mass is 9.79. The summed E-state index contributed by atoms with van der Waals surface area (Å²) in [5, 5.41) is 37.3. The van der Waals surface area contributed by atoms with Crippen molar-refractivity contribution < 1.29 is 20.1 Å². The number of imidazole rings is 3. The Balaban J connectivity index is 0.000000147. The molecule has 15 aromatic carbocycles. The van der Waals surface area contributed by atoms with Crippen molar-refractivity contribution in [2.24, 2.45) is 0 Å². The molecule has 0 unspecified atom stereocenters. The molecule has 5 heterocycles. The third-order valence-corrected chi connectivity index (χ3v) is 20.7. The van der Waals surface area contributed by atoms with Gasteiger partial charge in [-0.25, -0.2) is 34.9 Å². The van der Waals surface area contributed by atoms with Gasteiger partial charge in [-0.1, -0.05) is 289 Å². The number of halogens is 1. The molecule has 0 fully saturated rings. The molecule has 0 aliphatic heterocycles. The van der Waals surface area contributed by atoms with Crippen LogP contribution < -0.4 is 10.9 Å². The van der Waals surface area contributed by atoms with Gasteiger partial charge in [0.05, 0.1) is 77.9 Å². The van der Waals surface area contributed by atoms with Crippen LogP contribution in [0.3, 0.4) is 0 Å². The lowest BCUT2D eigenvalue weighted by Crippen LogP contribution is -2.29. The molecule has 0 aliphatic rings. The fraction of sp³-hybridized carbons (Fsp3) is 0. The van der Waals surface area contributed by atoms with E-state index in [0.29, 0.717) is 22.3 Å². The van der Waals surface area contributed by atoms with Gasteiger partial charge in [0.2, 0.25) is 0 Å². The summed E-state index contributed by atoms with van der Waals surface area (Å²) in [5.41, 5.74) is 27.8. The van der Waals surface area contributed by atoms with E-state index in [1.807, 2.05) is 97.1 Å². The average Bonchev–Trinajstić information content (AvgIpc) is 1.66. The normalized spacial score (nSPS) is 11.2. The van der Waals surface area contributed by atoms with Gasteiger partial charge in [-0.2, -0.15) is 0 Å². The second-order valence-corrected chi connectivity index (χ2v) is 28.3. The topological polar surface area (TPSA) is 186 Å². The minimum absolute atomic E-state index is 0.389. The first-order valence-electron chi connectivity index (χ1n) is 37.3. The van der Waals surface area contributed by atoms with Gasteiger partial charge in [-0.05, 0) is 142 Å². The van der Waals surface area contributed by atoms with Crippen molar-refractivity contribution in [3.63, 3.8) is 0 Å². The van der Waals surface area contributed by atoms with E-state index >= 15 is 0 Å². The zero-order chi connectivity index (χ0) is 77.0. The molecule has 0 saturated carbocycles. The fourth-order valence-electron chi connectivity index (χ4n) is 14.5. The van der Waals surface area contributed by atoms with E-state index in [9.17, 15) is 20.1 Å². The maximum absolute atomic E-state index is 9.32. The smallest absolute Gasteiger partial charge is 0.423 e. The number of hydrogen-bond acceptors (Lipinski definition) is 11. The summed E-state index contributed by atoms with van der Waals surface area (Å²) in [5.74, 6) is 2.79. The first-order valence-corrected chi connectivity index (χ1v) is 38.1. The van der Waals surface area contributed by atoms with Crippen molar-refractivity contribution in [2.45, 2.75) is 0 Å². The molecule has 542 valence electrons. The van der Waals surface area contributed by atoms with Crippen LogP contribution >= 0.6 is 15.9 Å². The summed E-state index contributed by atoms with van der Waals surface area (Å²) < 4.78 is 7.74. The molecule has 0 atom stereocenters. The van der Waals surface area contributed by atoms with E-state index in [0.717, 1.165) is 167 Å². The summed E-state index contributed by atoms with van der Waals surface area (Å²) in [6, 6.07) is 128. The summed E-state index contributed by atoms with van der Waals surface area (Å²) in [7, 11) is -3.07. The Morgan fingerprint density at radius 2 is 0.395 bits per heavy atom. The van der Waals surface area contributed by atoms with Crippen LogP contribution in [-0.2, 0) is 0 Å². The molecular weight excluding hydrogens is 1470 g/mol. The van der Waals surface area contributed by atoms with Crippen molar-refractivity contribution in [2.75, 3.05) is 0 Å². The average molecular weight is 1540 g/mol. The molecule has 20 aromatic rings. The van der Waals surface area contributed by atoms with Crippen LogP contribution in [0.25, 0.3) is 174 Å². The first kappa shape index (κ1) is 71.4. The third-order valence-electron chi connectivity index (χ3n) is 20.2. The van der Waals surface area contributed by atoms with Gasteiger partial charge in [-0.15, -0.1) is 0 Å². The SMILES string of the molecule is Brc1ccc(-c2nc3ccccc3n2-c2ccccc2)cc1.OB(O)c1ccc(-c2nc3ccccc3nc2-c2ccc(B(O)O)cc2)cc1.c1ccc(-n2c(-c3ccc(-c4ccc(-c5nc6ccccc6nc5-c5ccc(-c6ccc(-c7nc8ccccc8n7-c7ccccc7)cc6)cc5)cc4)cc3)nc3ccccc32)cc1. The molecule has 114 heavy (non-hydrogen) atoms. The van der Waals surface area contributed by atoms with Crippen LogP contribution in [0.1, 0.15) is 0 Å². The molecule has 0 bridgehead atoms. The summed E-state index contributed by atoms with van der Waals surface area (Å²) in [6.07, 6.45) is 0. The minimum Gasteiger partial charge on any atom is -0.423 e. The fourth-order valence-corrected chi connectivity index (χ4v) is 14.7. The van der Waals surface area contributed by atoms with E-state index in [2.05, 4.69) is 266 Å². The van der Waals surface area contributed by atoms with Crippen molar-refractivity contribution in [3.05, 3.63) is 387 Å². The largest absolute Gasteiger partial charge is 0.488 e. The van der Waals surface area contributed by atoms with E-state index in [4.69, 9.17) is 34.9 Å². The van der Waals surface area contributed by atoms with Crippen LogP contribution in [0.4, 0.5) is 0 Å². The highest BCUT2D eigenvalue weighted by atomic mass is 79.9. The van der Waals surface area contributed by atoms with Crippen molar-refractivity contribution in [3.8, 4) is 119 Å². The molecule has 5 aromatic heterocycles. The predicted molar refractivity (Wildman–Crippen MR) is 466 cm³/mol. The maximum atomic E-state index is 9.32. The monoisotopic (exact) mass is 1540 g/mol. The lowest BCUT2D eigenvalue weighted by Gasteiger charge is -2.13. The van der Waals surface area contributed by atoms with Crippen LogP contribution in [0, 0.1) is 0 Å². The van der Waals surface area contributed by atoms with E-state index in [-0.39, 0.29) is 0 Å². The number of rotatable bonds is 14. The third kappa shape index (κ3) is 14.6. The Hall–Kier alpha value is -14.2. The Morgan fingerprint density at radius 3 is 0.649 bits per heavy atom. The van der Waals surface area contributed by atoms with E-state index in [1.54, 1.807) is 48.5 Å². The van der Waals surface area contributed by atoms with Gasteiger partial charge in [0.15, 0.2) is 0 Å². The quantitative estimate of drug-likeness (QED) is 0.0759. The maximum Gasteiger partial charge on any atom is 0.488 e. The summed E-state index contributed by atoms with van der Waals surface area (Å²) in [4.78, 5) is 34.9. The highest BCUT2D eigenvalue weighted by Crippen LogP contribution is 2.39. The number of fused-ring (bicyclic) bond motifs is 5. The zero-order valence-corrected chi connectivity index (χ0v) is 62.8. The lowest BCUT2D eigenvalue weighted by molar-refractivity contribution is 0.424. The Morgan fingerprint density at radius 1 is 0.193 bits per heavy atom. The Labute approximate surface area is 665 Å². The molecule has 0 amide bonds. The molecule has 17 heteroatoms. The number of para-hydroxylation sites is 13. The van der Waals surface area contributed by atoms with Crippen molar-refractivity contribution >= 4 is 96.3 Å². The van der Waals surface area contributed by atoms with Crippen molar-refractivity contribution in [1.29, 1.82) is 0 Å². The molecule has 20 rings (SSSR count). The summed E-state index contributed by atoms with van der Waals surface area (Å²) in [6.45, 7) is 0. The molecule has 4 N–H and O–H groups in total. The zero-order valence-electron chi connectivity index (χ0n) is 61.2. The predicted octanol–water partition coefficient (Wildman–Crippen LogP) is 20.1. The highest BCUT2D eigenvalue weighted by Gasteiger charge is 2.22. The van der Waals surface area contributed by atoms with Crippen LogP contribution in [0.5, 0.6) is 0 Å². The molecule has 0 saturated heterocycles. The second-order valence-electron chi connectivity index (χ2n) is 27.4. The first-order chi connectivity index (χ1) is 56.1. The van der Waals surface area contributed by atoms with Gasteiger partial charge >= 0.3 is 14.2 Å². The number of aromatic nitrogens is 10. The highest BCUT2D eigenvalue weighted by molar-refractivity contribution is 9.10.